The highest BCUT2D eigenvalue weighted by Crippen LogP contribution is 2.24. The molecule has 0 aliphatic carbocycles. The SMILES string of the molecule is CCC(CS)CSc1ccc(F)c(F)c1. The number of halogens is 2. The van der Waals surface area contributed by atoms with Crippen molar-refractivity contribution < 1.29 is 8.78 Å². The van der Waals surface area contributed by atoms with Gasteiger partial charge in [-0.3, -0.25) is 0 Å². The summed E-state index contributed by atoms with van der Waals surface area (Å²) >= 11 is 5.78. The van der Waals surface area contributed by atoms with Crippen molar-refractivity contribution >= 4 is 24.4 Å². The van der Waals surface area contributed by atoms with E-state index in [9.17, 15) is 8.78 Å². The zero-order chi connectivity index (χ0) is 11.3. The molecule has 0 saturated carbocycles. The topological polar surface area (TPSA) is 0 Å². The molecule has 0 nitrogen and oxygen atoms in total. The van der Waals surface area contributed by atoms with Gasteiger partial charge in [-0.05, 0) is 29.9 Å². The number of hydrogen-bond acceptors (Lipinski definition) is 2. The quantitative estimate of drug-likeness (QED) is 0.607. The second-order valence-electron chi connectivity index (χ2n) is 3.34. The summed E-state index contributed by atoms with van der Waals surface area (Å²) in [5, 5.41) is 0. The maximum atomic E-state index is 12.9. The van der Waals surface area contributed by atoms with Crippen molar-refractivity contribution in [1.82, 2.24) is 0 Å². The van der Waals surface area contributed by atoms with Crippen LogP contribution in [-0.2, 0) is 0 Å². The summed E-state index contributed by atoms with van der Waals surface area (Å²) in [6.07, 6.45) is 1.06. The van der Waals surface area contributed by atoms with E-state index >= 15 is 0 Å². The van der Waals surface area contributed by atoms with Gasteiger partial charge in [-0.1, -0.05) is 13.3 Å². The number of rotatable bonds is 5. The molecule has 0 heterocycles. The molecule has 15 heavy (non-hydrogen) atoms. The molecule has 0 radical (unpaired) electrons. The fraction of sp³-hybridized carbons (Fsp3) is 0.455. The summed E-state index contributed by atoms with van der Waals surface area (Å²) in [5.74, 6) is 0.670. The van der Waals surface area contributed by atoms with Gasteiger partial charge >= 0.3 is 0 Å². The van der Waals surface area contributed by atoms with Crippen LogP contribution in [-0.4, -0.2) is 11.5 Å². The monoisotopic (exact) mass is 248 g/mol. The van der Waals surface area contributed by atoms with Gasteiger partial charge in [-0.25, -0.2) is 8.78 Å². The van der Waals surface area contributed by atoms with E-state index < -0.39 is 11.6 Å². The average molecular weight is 248 g/mol. The normalized spacial score (nSPS) is 12.8. The summed E-state index contributed by atoms with van der Waals surface area (Å²) in [6, 6.07) is 4.01. The third-order valence-corrected chi connectivity index (χ3v) is 3.95. The summed E-state index contributed by atoms with van der Waals surface area (Å²) in [7, 11) is 0. The van der Waals surface area contributed by atoms with Crippen LogP contribution in [0.5, 0.6) is 0 Å². The third-order valence-electron chi connectivity index (χ3n) is 2.21. The molecule has 1 aromatic carbocycles. The van der Waals surface area contributed by atoms with Crippen molar-refractivity contribution in [2.45, 2.75) is 18.2 Å². The number of benzene rings is 1. The Morgan fingerprint density at radius 2 is 2.07 bits per heavy atom. The Balaban J connectivity index is 2.54. The first-order valence-corrected chi connectivity index (χ1v) is 6.47. The second kappa shape index (κ2) is 6.38. The molecule has 1 unspecified atom stereocenters. The van der Waals surface area contributed by atoms with Crippen molar-refractivity contribution in [3.8, 4) is 0 Å². The van der Waals surface area contributed by atoms with Crippen LogP contribution in [0.15, 0.2) is 23.1 Å². The fourth-order valence-electron chi connectivity index (χ4n) is 1.08. The second-order valence-corrected chi connectivity index (χ2v) is 4.80. The first-order valence-electron chi connectivity index (χ1n) is 4.86. The lowest BCUT2D eigenvalue weighted by molar-refractivity contribution is 0.506. The van der Waals surface area contributed by atoms with Crippen LogP contribution in [0.1, 0.15) is 13.3 Å². The Hall–Kier alpha value is -0.220. The van der Waals surface area contributed by atoms with E-state index in [1.807, 2.05) is 0 Å². The molecule has 4 heteroatoms. The molecule has 1 rings (SSSR count). The number of thioether (sulfide) groups is 1. The van der Waals surface area contributed by atoms with Crippen LogP contribution in [0.3, 0.4) is 0 Å². The van der Waals surface area contributed by atoms with Gasteiger partial charge < -0.3 is 0 Å². The van der Waals surface area contributed by atoms with Crippen LogP contribution in [0, 0.1) is 17.6 Å². The van der Waals surface area contributed by atoms with Crippen LogP contribution >= 0.6 is 24.4 Å². The van der Waals surface area contributed by atoms with Crippen molar-refractivity contribution in [3.63, 3.8) is 0 Å². The highest BCUT2D eigenvalue weighted by atomic mass is 32.2. The molecular weight excluding hydrogens is 234 g/mol. The molecule has 0 saturated heterocycles. The minimum absolute atomic E-state index is 0.520. The lowest BCUT2D eigenvalue weighted by atomic mass is 10.2. The van der Waals surface area contributed by atoms with E-state index in [0.29, 0.717) is 5.92 Å². The summed E-state index contributed by atoms with van der Waals surface area (Å²) < 4.78 is 25.5. The molecule has 1 aromatic rings. The van der Waals surface area contributed by atoms with Crippen LogP contribution in [0.2, 0.25) is 0 Å². The summed E-state index contributed by atoms with van der Waals surface area (Å²) in [4.78, 5) is 0.772. The average Bonchev–Trinajstić information content (AvgIpc) is 2.24. The fourth-order valence-corrected chi connectivity index (χ4v) is 2.78. The maximum Gasteiger partial charge on any atom is 0.159 e. The van der Waals surface area contributed by atoms with E-state index in [4.69, 9.17) is 0 Å². The molecule has 0 spiro atoms. The van der Waals surface area contributed by atoms with Crippen LogP contribution < -0.4 is 0 Å². The molecule has 84 valence electrons. The van der Waals surface area contributed by atoms with Gasteiger partial charge in [0.15, 0.2) is 11.6 Å². The molecule has 0 amide bonds. The van der Waals surface area contributed by atoms with Gasteiger partial charge in [-0.2, -0.15) is 12.6 Å². The molecule has 0 aromatic heterocycles. The van der Waals surface area contributed by atoms with Gasteiger partial charge in [0, 0.05) is 10.6 Å². The van der Waals surface area contributed by atoms with Crippen LogP contribution in [0.4, 0.5) is 8.78 Å². The number of thiol groups is 1. The largest absolute Gasteiger partial charge is 0.204 e. The predicted molar refractivity (Wildman–Crippen MR) is 64.7 cm³/mol. The van der Waals surface area contributed by atoms with Gasteiger partial charge in [0.1, 0.15) is 0 Å². The first kappa shape index (κ1) is 12.8. The van der Waals surface area contributed by atoms with E-state index in [1.54, 1.807) is 17.8 Å². The smallest absolute Gasteiger partial charge is 0.159 e. The van der Waals surface area contributed by atoms with Crippen molar-refractivity contribution in [3.05, 3.63) is 29.8 Å². The highest BCUT2D eigenvalue weighted by Gasteiger charge is 2.07. The standard InChI is InChI=1S/C11H14F2S2/c1-2-8(6-14)7-15-9-3-4-10(12)11(13)5-9/h3-5,8,14H,2,6-7H2,1H3. The Labute approximate surface area is 98.9 Å². The van der Waals surface area contributed by atoms with Gasteiger partial charge in [-0.15, -0.1) is 11.8 Å². The van der Waals surface area contributed by atoms with Crippen molar-refractivity contribution in [1.29, 1.82) is 0 Å². The van der Waals surface area contributed by atoms with Crippen molar-refractivity contribution in [2.24, 2.45) is 5.92 Å². The maximum absolute atomic E-state index is 12.9. The number of hydrogen-bond donors (Lipinski definition) is 1. The van der Waals surface area contributed by atoms with Crippen LogP contribution in [0.25, 0.3) is 0 Å². The van der Waals surface area contributed by atoms with E-state index in [2.05, 4.69) is 19.6 Å². The Morgan fingerprint density at radius 3 is 2.60 bits per heavy atom. The third kappa shape index (κ3) is 4.03. The first-order chi connectivity index (χ1) is 7.17. The zero-order valence-corrected chi connectivity index (χ0v) is 10.3. The molecule has 0 bridgehead atoms. The Kier molecular flexibility index (Phi) is 5.47. The van der Waals surface area contributed by atoms with Crippen molar-refractivity contribution in [2.75, 3.05) is 11.5 Å². The van der Waals surface area contributed by atoms with E-state index in [1.165, 1.54) is 12.1 Å². The lowest BCUT2D eigenvalue weighted by Crippen LogP contribution is -2.03. The van der Waals surface area contributed by atoms with E-state index in [0.717, 1.165) is 22.8 Å². The Morgan fingerprint density at radius 1 is 1.33 bits per heavy atom. The van der Waals surface area contributed by atoms with Gasteiger partial charge in [0.05, 0.1) is 0 Å². The van der Waals surface area contributed by atoms with E-state index in [-0.39, 0.29) is 0 Å². The van der Waals surface area contributed by atoms with Gasteiger partial charge in [0.2, 0.25) is 0 Å². The molecule has 0 fully saturated rings. The predicted octanol–water partition coefficient (Wildman–Crippen LogP) is 4.01. The molecule has 0 aliphatic rings. The lowest BCUT2D eigenvalue weighted by Gasteiger charge is -2.10. The Bertz CT molecular complexity index is 311. The highest BCUT2D eigenvalue weighted by molar-refractivity contribution is 7.99. The minimum atomic E-state index is -0.791. The molecule has 1 atom stereocenters. The summed E-state index contributed by atoms with van der Waals surface area (Å²) in [6.45, 7) is 2.10. The molecular formula is C11H14F2S2. The summed E-state index contributed by atoms with van der Waals surface area (Å²) in [5.41, 5.74) is 0. The minimum Gasteiger partial charge on any atom is -0.204 e. The van der Waals surface area contributed by atoms with Gasteiger partial charge in [0.25, 0.3) is 0 Å². The zero-order valence-electron chi connectivity index (χ0n) is 8.54. The molecule has 0 N–H and O–H groups in total. The molecule has 0 aliphatic heterocycles.